The molecule has 0 radical (unpaired) electrons. The second-order valence-corrected chi connectivity index (χ2v) is 5.65. The summed E-state index contributed by atoms with van der Waals surface area (Å²) in [7, 11) is 0. The van der Waals surface area contributed by atoms with Crippen LogP contribution in [-0.2, 0) is 4.74 Å². The zero-order valence-electron chi connectivity index (χ0n) is 12.6. The van der Waals surface area contributed by atoms with E-state index in [1.165, 1.54) is 24.0 Å². The van der Waals surface area contributed by atoms with Crippen LogP contribution in [-0.4, -0.2) is 70.9 Å². The van der Waals surface area contributed by atoms with Crippen LogP contribution in [0, 0.1) is 0 Å². The Morgan fingerprint density at radius 1 is 1.50 bits per heavy atom. The molecule has 2 aromatic heterocycles. The fraction of sp³-hybridized carbons (Fsp3) is 0.462. The summed E-state index contributed by atoms with van der Waals surface area (Å²) in [5.41, 5.74) is 0.800. The van der Waals surface area contributed by atoms with E-state index in [9.17, 15) is 20.5 Å². The van der Waals surface area contributed by atoms with Gasteiger partial charge in [0.15, 0.2) is 12.0 Å². The van der Waals surface area contributed by atoms with E-state index in [1.807, 2.05) is 5.48 Å². The van der Waals surface area contributed by atoms with E-state index < -0.39 is 30.6 Å². The van der Waals surface area contributed by atoms with Crippen molar-refractivity contribution in [3.05, 3.63) is 18.1 Å². The molecule has 11 nitrogen and oxygen atoms in total. The number of aliphatic hydroxyl groups excluding tert-OH is 2. The van der Waals surface area contributed by atoms with E-state index in [1.54, 1.807) is 0 Å². The Balaban J connectivity index is 2.20. The third-order valence-corrected chi connectivity index (χ3v) is 4.13. The first kappa shape index (κ1) is 16.5. The fourth-order valence-corrected chi connectivity index (χ4v) is 2.93. The minimum atomic E-state index is -1.72. The summed E-state index contributed by atoms with van der Waals surface area (Å²) in [5.74, 6) is 0.0607. The molecule has 3 rings (SSSR count). The Morgan fingerprint density at radius 3 is 2.83 bits per heavy atom. The van der Waals surface area contributed by atoms with Crippen molar-refractivity contribution in [3.8, 4) is 0 Å². The average Bonchev–Trinajstić information content (AvgIpc) is 3.04. The van der Waals surface area contributed by atoms with Crippen molar-refractivity contribution in [2.24, 2.45) is 5.16 Å². The molecule has 1 fully saturated rings. The van der Waals surface area contributed by atoms with Crippen LogP contribution in [0.25, 0.3) is 11.0 Å². The Morgan fingerprint density at radius 2 is 2.25 bits per heavy atom. The monoisotopic (exact) mass is 339 g/mol. The number of anilines is 1. The first-order valence-corrected chi connectivity index (χ1v) is 7.05. The molecular weight excluding hydrogens is 322 g/mol. The van der Waals surface area contributed by atoms with Crippen LogP contribution in [0.2, 0.25) is 0 Å². The zero-order valence-corrected chi connectivity index (χ0v) is 12.6. The molecule has 11 heteroatoms. The van der Waals surface area contributed by atoms with Gasteiger partial charge in [0, 0.05) is 11.8 Å². The van der Waals surface area contributed by atoms with E-state index in [2.05, 4.69) is 15.1 Å². The summed E-state index contributed by atoms with van der Waals surface area (Å²) in [6, 6.07) is 0. The van der Waals surface area contributed by atoms with Gasteiger partial charge in [0.1, 0.15) is 29.8 Å². The smallest absolute Gasteiger partial charge is 0.167 e. The van der Waals surface area contributed by atoms with E-state index in [4.69, 9.17) is 9.94 Å². The van der Waals surface area contributed by atoms with Crippen molar-refractivity contribution in [3.63, 3.8) is 0 Å². The molecule has 1 saturated heterocycles. The van der Waals surface area contributed by atoms with Gasteiger partial charge in [-0.05, 0) is 6.92 Å². The lowest BCUT2D eigenvalue weighted by molar-refractivity contribution is -0.0948. The Labute approximate surface area is 135 Å². The van der Waals surface area contributed by atoms with E-state index in [0.717, 1.165) is 6.21 Å². The minimum Gasteiger partial charge on any atom is -0.411 e. The van der Waals surface area contributed by atoms with Crippen molar-refractivity contribution < 1.29 is 30.5 Å². The van der Waals surface area contributed by atoms with E-state index >= 15 is 0 Å². The van der Waals surface area contributed by atoms with Gasteiger partial charge in [-0.1, -0.05) is 5.16 Å². The Kier molecular flexibility index (Phi) is 4.11. The predicted octanol–water partition coefficient (Wildman–Crippen LogP) is -0.958. The summed E-state index contributed by atoms with van der Waals surface area (Å²) in [5, 5.41) is 51.3. The van der Waals surface area contributed by atoms with Gasteiger partial charge in [0.25, 0.3) is 0 Å². The number of aliphatic hydroxyl groups is 3. The lowest BCUT2D eigenvalue weighted by Gasteiger charge is -2.27. The molecule has 1 aliphatic rings. The van der Waals surface area contributed by atoms with Gasteiger partial charge in [-0.15, -0.1) is 0 Å². The van der Waals surface area contributed by atoms with Crippen molar-refractivity contribution in [1.82, 2.24) is 14.5 Å². The number of fused-ring (bicyclic) bond motifs is 1. The van der Waals surface area contributed by atoms with Gasteiger partial charge in [-0.3, -0.25) is 10.7 Å². The van der Waals surface area contributed by atoms with E-state index in [-0.39, 0.29) is 11.5 Å². The van der Waals surface area contributed by atoms with Crippen molar-refractivity contribution in [2.75, 3.05) is 12.1 Å². The topological polar surface area (TPSA) is 165 Å². The van der Waals surface area contributed by atoms with Crippen LogP contribution in [0.1, 0.15) is 18.7 Å². The van der Waals surface area contributed by atoms with Gasteiger partial charge in [-0.25, -0.2) is 9.97 Å². The summed E-state index contributed by atoms with van der Waals surface area (Å²) >= 11 is 0. The molecule has 0 aromatic carbocycles. The predicted molar refractivity (Wildman–Crippen MR) is 79.9 cm³/mol. The second-order valence-electron chi connectivity index (χ2n) is 5.65. The van der Waals surface area contributed by atoms with Crippen LogP contribution in [0.5, 0.6) is 0 Å². The SMILES string of the molecule is C[C@@]1(O)[C@H](O)[C@@H](CO)O[C@H]1n1cc(/C=N/O)c2c(NO)ncnc21. The van der Waals surface area contributed by atoms with E-state index in [0.29, 0.717) is 10.9 Å². The second kappa shape index (κ2) is 5.96. The number of nitrogens with zero attached hydrogens (tertiary/aromatic N) is 4. The lowest BCUT2D eigenvalue weighted by Crippen LogP contribution is -2.44. The molecule has 0 saturated carbocycles. The van der Waals surface area contributed by atoms with Crippen molar-refractivity contribution >= 4 is 23.1 Å². The molecule has 0 aliphatic carbocycles. The highest BCUT2D eigenvalue weighted by Crippen LogP contribution is 2.40. The molecule has 6 N–H and O–H groups in total. The third-order valence-electron chi connectivity index (χ3n) is 4.13. The van der Waals surface area contributed by atoms with Crippen molar-refractivity contribution in [2.45, 2.75) is 31.0 Å². The number of oxime groups is 1. The number of rotatable bonds is 4. The summed E-state index contributed by atoms with van der Waals surface area (Å²) in [6.07, 6.45) is 0.375. The molecule has 1 aliphatic heterocycles. The molecule has 0 spiro atoms. The lowest BCUT2D eigenvalue weighted by atomic mass is 9.96. The van der Waals surface area contributed by atoms with Crippen LogP contribution in [0.4, 0.5) is 5.82 Å². The highest BCUT2D eigenvalue weighted by molar-refractivity contribution is 6.03. The van der Waals surface area contributed by atoms with Crippen LogP contribution >= 0.6 is 0 Å². The first-order chi connectivity index (χ1) is 11.5. The molecule has 0 unspecified atom stereocenters. The standard InChI is InChI=1S/C13H17N5O6/c1-13(21)9(20)7(4-19)24-12(13)18-3-6(2-16-22)8-10(17-23)14-5-15-11(8)18/h2-3,5,7,9,12,19-23H,4H2,1H3,(H,14,15,17)/b16-2+/t7-,9-,12-,13-/m1/s1. The minimum absolute atomic E-state index is 0.0607. The average molecular weight is 339 g/mol. The highest BCUT2D eigenvalue weighted by atomic mass is 16.6. The quantitative estimate of drug-likeness (QED) is 0.234. The number of aromatic nitrogens is 3. The third kappa shape index (κ3) is 2.30. The summed E-state index contributed by atoms with van der Waals surface area (Å²) in [4.78, 5) is 7.97. The van der Waals surface area contributed by atoms with Crippen LogP contribution < -0.4 is 5.48 Å². The fourth-order valence-electron chi connectivity index (χ4n) is 2.93. The maximum atomic E-state index is 10.6. The molecule has 0 bridgehead atoms. The Bertz CT molecular complexity index is 776. The van der Waals surface area contributed by atoms with Crippen LogP contribution in [0.15, 0.2) is 17.7 Å². The first-order valence-electron chi connectivity index (χ1n) is 7.05. The summed E-state index contributed by atoms with van der Waals surface area (Å²) in [6.45, 7) is 0.895. The highest BCUT2D eigenvalue weighted by Gasteiger charge is 2.53. The molecular formula is C13H17N5O6. The van der Waals surface area contributed by atoms with Gasteiger partial charge in [0.05, 0.1) is 18.2 Å². The van der Waals surface area contributed by atoms with Gasteiger partial charge >= 0.3 is 0 Å². The number of hydrogen-bond acceptors (Lipinski definition) is 10. The number of nitrogens with one attached hydrogen (secondary N) is 1. The summed E-state index contributed by atoms with van der Waals surface area (Å²) < 4.78 is 6.97. The number of ether oxygens (including phenoxy) is 1. The molecule has 4 atom stereocenters. The number of hydrogen-bond donors (Lipinski definition) is 6. The Hall–Kier alpha value is -2.31. The largest absolute Gasteiger partial charge is 0.411 e. The van der Waals surface area contributed by atoms with Gasteiger partial charge < -0.3 is 29.8 Å². The van der Waals surface area contributed by atoms with Crippen molar-refractivity contribution in [1.29, 1.82) is 0 Å². The molecule has 2 aromatic rings. The van der Waals surface area contributed by atoms with Gasteiger partial charge in [0.2, 0.25) is 0 Å². The molecule has 3 heterocycles. The molecule has 0 amide bonds. The molecule has 24 heavy (non-hydrogen) atoms. The molecule has 130 valence electrons. The zero-order chi connectivity index (χ0) is 17.5. The maximum Gasteiger partial charge on any atom is 0.167 e. The normalized spacial score (nSPS) is 30.5. The maximum absolute atomic E-state index is 10.6. The van der Waals surface area contributed by atoms with Crippen LogP contribution in [0.3, 0.4) is 0 Å². The van der Waals surface area contributed by atoms with Gasteiger partial charge in [-0.2, -0.15) is 0 Å².